The minimum Gasteiger partial charge on any atom is -0.352 e. The second kappa shape index (κ2) is 7.29. The zero-order valence-corrected chi connectivity index (χ0v) is 14.5. The van der Waals surface area contributed by atoms with Gasteiger partial charge < -0.3 is 15.2 Å². The van der Waals surface area contributed by atoms with Gasteiger partial charge in [-0.05, 0) is 26.2 Å². The van der Waals surface area contributed by atoms with Crippen LogP contribution >= 0.6 is 0 Å². The molecule has 2 aliphatic rings. The highest BCUT2D eigenvalue weighted by Crippen LogP contribution is 2.26. The lowest BCUT2D eigenvalue weighted by Crippen LogP contribution is -2.45. The molecule has 1 atom stereocenters. The normalized spacial score (nSPS) is 23.6. The zero-order chi connectivity index (χ0) is 16.2. The molecule has 1 aromatic rings. The molecule has 128 valence electrons. The van der Waals surface area contributed by atoms with Gasteiger partial charge in [0.05, 0.1) is 6.54 Å². The van der Waals surface area contributed by atoms with Gasteiger partial charge in [0.25, 0.3) is 0 Å². The summed E-state index contributed by atoms with van der Waals surface area (Å²) in [4.78, 5) is 7.00. The van der Waals surface area contributed by atoms with E-state index in [0.717, 1.165) is 30.2 Å². The van der Waals surface area contributed by atoms with Gasteiger partial charge in [-0.1, -0.05) is 12.8 Å². The Morgan fingerprint density at radius 1 is 1.26 bits per heavy atom. The molecule has 1 unspecified atom stereocenters. The van der Waals surface area contributed by atoms with Gasteiger partial charge in [-0.3, -0.25) is 9.89 Å². The Kier molecular flexibility index (Phi) is 5.15. The SMILES string of the molecule is CN=C(NCc1nnc(C)n1C)NC1CCN(C2CCCC2)C1. The maximum Gasteiger partial charge on any atom is 0.191 e. The summed E-state index contributed by atoms with van der Waals surface area (Å²) in [5.41, 5.74) is 0. The molecule has 3 rings (SSSR count). The summed E-state index contributed by atoms with van der Waals surface area (Å²) in [6, 6.07) is 1.31. The van der Waals surface area contributed by atoms with Crippen molar-refractivity contribution in [2.24, 2.45) is 12.0 Å². The number of hydrogen-bond donors (Lipinski definition) is 2. The number of aliphatic imine (C=N–C) groups is 1. The van der Waals surface area contributed by atoms with Gasteiger partial charge in [-0.2, -0.15) is 0 Å². The van der Waals surface area contributed by atoms with Crippen molar-refractivity contribution in [2.75, 3.05) is 20.1 Å². The third kappa shape index (κ3) is 3.83. The Hall–Kier alpha value is -1.63. The van der Waals surface area contributed by atoms with Crippen LogP contribution in [0, 0.1) is 6.92 Å². The monoisotopic (exact) mass is 319 g/mol. The van der Waals surface area contributed by atoms with Crippen LogP contribution in [0.15, 0.2) is 4.99 Å². The summed E-state index contributed by atoms with van der Waals surface area (Å²) in [6.07, 6.45) is 6.76. The first-order chi connectivity index (χ1) is 11.2. The Morgan fingerprint density at radius 2 is 2.04 bits per heavy atom. The fourth-order valence-electron chi connectivity index (χ4n) is 3.66. The van der Waals surface area contributed by atoms with Crippen LogP contribution < -0.4 is 10.6 Å². The Labute approximate surface area is 138 Å². The summed E-state index contributed by atoms with van der Waals surface area (Å²) < 4.78 is 2.00. The smallest absolute Gasteiger partial charge is 0.191 e. The van der Waals surface area contributed by atoms with Gasteiger partial charge in [0, 0.05) is 39.3 Å². The fourth-order valence-corrected chi connectivity index (χ4v) is 3.66. The summed E-state index contributed by atoms with van der Waals surface area (Å²) in [7, 11) is 3.81. The molecule has 2 heterocycles. The van der Waals surface area contributed by atoms with Crippen LogP contribution in [0.5, 0.6) is 0 Å². The van der Waals surface area contributed by atoms with Crippen molar-refractivity contribution in [3.8, 4) is 0 Å². The number of rotatable bonds is 4. The average Bonchev–Trinajstić information content (AvgIpc) is 3.28. The minimum absolute atomic E-state index is 0.489. The van der Waals surface area contributed by atoms with Gasteiger partial charge in [-0.15, -0.1) is 10.2 Å². The molecule has 0 radical (unpaired) electrons. The van der Waals surface area contributed by atoms with Crippen molar-refractivity contribution in [1.29, 1.82) is 0 Å². The van der Waals surface area contributed by atoms with E-state index in [1.165, 1.54) is 38.6 Å². The first kappa shape index (κ1) is 16.2. The highest BCUT2D eigenvalue weighted by Gasteiger charge is 2.30. The van der Waals surface area contributed by atoms with Crippen LogP contribution in [-0.4, -0.2) is 57.8 Å². The average molecular weight is 319 g/mol. The van der Waals surface area contributed by atoms with Gasteiger partial charge in [0.1, 0.15) is 5.82 Å². The molecular formula is C16H29N7. The Bertz CT molecular complexity index is 545. The second-order valence-corrected chi connectivity index (χ2v) is 6.71. The van der Waals surface area contributed by atoms with E-state index in [1.807, 2.05) is 25.6 Å². The standard InChI is InChI=1S/C16H29N7/c1-12-20-21-15(22(12)3)10-18-16(17-2)19-13-8-9-23(11-13)14-6-4-5-7-14/h13-14H,4-11H2,1-3H3,(H2,17,18,19). The molecule has 23 heavy (non-hydrogen) atoms. The molecule has 2 N–H and O–H groups in total. The molecular weight excluding hydrogens is 290 g/mol. The van der Waals surface area contributed by atoms with Gasteiger partial charge in [-0.25, -0.2) is 0 Å². The lowest BCUT2D eigenvalue weighted by atomic mass is 10.2. The van der Waals surface area contributed by atoms with E-state index in [9.17, 15) is 0 Å². The predicted molar refractivity (Wildman–Crippen MR) is 91.3 cm³/mol. The van der Waals surface area contributed by atoms with Crippen LogP contribution in [0.25, 0.3) is 0 Å². The van der Waals surface area contributed by atoms with E-state index in [0.29, 0.717) is 12.6 Å². The van der Waals surface area contributed by atoms with E-state index in [-0.39, 0.29) is 0 Å². The number of nitrogens with one attached hydrogen (secondary N) is 2. The van der Waals surface area contributed by atoms with E-state index in [4.69, 9.17) is 0 Å². The van der Waals surface area contributed by atoms with Gasteiger partial charge in [0.15, 0.2) is 11.8 Å². The Morgan fingerprint density at radius 3 is 2.70 bits per heavy atom. The third-order valence-corrected chi connectivity index (χ3v) is 5.22. The molecule has 2 fully saturated rings. The van der Waals surface area contributed by atoms with Crippen LogP contribution in [0.4, 0.5) is 0 Å². The van der Waals surface area contributed by atoms with E-state index >= 15 is 0 Å². The number of hydrogen-bond acceptors (Lipinski definition) is 4. The largest absolute Gasteiger partial charge is 0.352 e. The van der Waals surface area contributed by atoms with E-state index < -0.39 is 0 Å². The molecule has 7 nitrogen and oxygen atoms in total. The maximum absolute atomic E-state index is 4.34. The Balaban J connectivity index is 1.47. The highest BCUT2D eigenvalue weighted by molar-refractivity contribution is 5.79. The lowest BCUT2D eigenvalue weighted by Gasteiger charge is -2.24. The fraction of sp³-hybridized carbons (Fsp3) is 0.812. The highest BCUT2D eigenvalue weighted by atomic mass is 15.3. The molecule has 0 amide bonds. The molecule has 1 aliphatic heterocycles. The van der Waals surface area contributed by atoms with Crippen LogP contribution in [0.2, 0.25) is 0 Å². The molecule has 1 saturated carbocycles. The second-order valence-electron chi connectivity index (χ2n) is 6.71. The van der Waals surface area contributed by atoms with Crippen LogP contribution in [0.3, 0.4) is 0 Å². The van der Waals surface area contributed by atoms with Crippen molar-refractivity contribution in [2.45, 2.75) is 57.7 Å². The van der Waals surface area contributed by atoms with Gasteiger partial charge in [0.2, 0.25) is 0 Å². The van der Waals surface area contributed by atoms with Crippen LogP contribution in [0.1, 0.15) is 43.8 Å². The molecule has 1 aliphatic carbocycles. The summed E-state index contributed by atoms with van der Waals surface area (Å²) in [5, 5.41) is 15.2. The summed E-state index contributed by atoms with van der Waals surface area (Å²) in [5.74, 6) is 2.70. The molecule has 0 bridgehead atoms. The molecule has 0 spiro atoms. The molecule has 1 saturated heterocycles. The maximum atomic E-state index is 4.34. The number of aryl methyl sites for hydroxylation is 1. The minimum atomic E-state index is 0.489. The van der Waals surface area contributed by atoms with Crippen LogP contribution in [-0.2, 0) is 13.6 Å². The molecule has 7 heteroatoms. The topological polar surface area (TPSA) is 70.4 Å². The van der Waals surface area contributed by atoms with Crippen molar-refractivity contribution >= 4 is 5.96 Å². The first-order valence-corrected chi connectivity index (χ1v) is 8.73. The van der Waals surface area contributed by atoms with E-state index in [2.05, 4.69) is 30.7 Å². The lowest BCUT2D eigenvalue weighted by molar-refractivity contribution is 0.242. The quantitative estimate of drug-likeness (QED) is 0.635. The predicted octanol–water partition coefficient (Wildman–Crippen LogP) is 0.805. The third-order valence-electron chi connectivity index (χ3n) is 5.22. The van der Waals surface area contributed by atoms with Crippen molar-refractivity contribution < 1.29 is 0 Å². The number of guanidine groups is 1. The number of likely N-dealkylation sites (tertiary alicyclic amines) is 1. The van der Waals surface area contributed by atoms with Gasteiger partial charge >= 0.3 is 0 Å². The van der Waals surface area contributed by atoms with Crippen molar-refractivity contribution in [3.05, 3.63) is 11.6 Å². The molecule has 1 aromatic heterocycles. The van der Waals surface area contributed by atoms with Crippen molar-refractivity contribution in [1.82, 2.24) is 30.3 Å². The zero-order valence-electron chi connectivity index (χ0n) is 14.5. The summed E-state index contributed by atoms with van der Waals surface area (Å²) >= 11 is 0. The van der Waals surface area contributed by atoms with Crippen molar-refractivity contribution in [3.63, 3.8) is 0 Å². The number of aromatic nitrogens is 3. The molecule has 0 aromatic carbocycles. The summed E-state index contributed by atoms with van der Waals surface area (Å²) in [6.45, 7) is 4.94. The first-order valence-electron chi connectivity index (χ1n) is 8.73. The number of nitrogens with zero attached hydrogens (tertiary/aromatic N) is 5. The van der Waals surface area contributed by atoms with E-state index in [1.54, 1.807) is 0 Å².